The summed E-state index contributed by atoms with van der Waals surface area (Å²) in [5.41, 5.74) is 1.23. The van der Waals surface area contributed by atoms with Crippen LogP contribution in [0.4, 0.5) is 0 Å². The molecule has 2 aromatic heterocycles. The van der Waals surface area contributed by atoms with Gasteiger partial charge in [-0.3, -0.25) is 4.79 Å². The quantitative estimate of drug-likeness (QED) is 0.812. The maximum atomic E-state index is 10.6. The summed E-state index contributed by atoms with van der Waals surface area (Å²) >= 11 is 16.5. The highest BCUT2D eigenvalue weighted by Crippen LogP contribution is 2.12. The largest absolute Gasteiger partial charge is 0.268 e. The van der Waals surface area contributed by atoms with Crippen LogP contribution in [0, 0.1) is 13.8 Å². The van der Waals surface area contributed by atoms with E-state index >= 15 is 0 Å². The molecule has 0 spiro atoms. The number of halogens is 3. The van der Waals surface area contributed by atoms with Gasteiger partial charge in [0.1, 0.15) is 5.15 Å². The summed E-state index contributed by atoms with van der Waals surface area (Å²) in [6, 6.07) is 3.18. The van der Waals surface area contributed by atoms with Crippen LogP contribution in [0.3, 0.4) is 0 Å². The molecular weight excluding hydrogens is 298 g/mol. The minimum atomic E-state index is -0.195. The minimum Gasteiger partial charge on any atom is -0.268 e. The van der Waals surface area contributed by atoms with Gasteiger partial charge in [-0.25, -0.2) is 5.10 Å². The number of H-pyrrole nitrogens is 1. The molecule has 0 atom stereocenters. The van der Waals surface area contributed by atoms with E-state index in [1.54, 1.807) is 13.0 Å². The molecule has 5 nitrogen and oxygen atoms in total. The molecule has 0 unspecified atom stereocenters. The van der Waals surface area contributed by atoms with Crippen LogP contribution >= 0.6 is 34.8 Å². The lowest BCUT2D eigenvalue weighted by Gasteiger charge is -1.92. The standard InChI is InChI=1S/C5H4Cl2N2.C5H5ClN2O/c1-3-2-4(6)8-9-5(3)7;1-3-2-4(6)7-8-5(3)9/h2H,1H3;2H,1H3,(H,8,9). The lowest BCUT2D eigenvalue weighted by molar-refractivity contribution is 0.970. The molecule has 0 fully saturated rings. The van der Waals surface area contributed by atoms with Crippen molar-refractivity contribution in [2.24, 2.45) is 0 Å². The minimum absolute atomic E-state index is 0.195. The van der Waals surface area contributed by atoms with Gasteiger partial charge >= 0.3 is 0 Å². The van der Waals surface area contributed by atoms with E-state index in [1.165, 1.54) is 6.07 Å². The van der Waals surface area contributed by atoms with Crippen LogP contribution in [0.5, 0.6) is 0 Å². The Morgan fingerprint density at radius 1 is 1.00 bits per heavy atom. The zero-order chi connectivity index (χ0) is 13.7. The fraction of sp³-hybridized carbons (Fsp3) is 0.200. The topological polar surface area (TPSA) is 71.5 Å². The van der Waals surface area contributed by atoms with Gasteiger partial charge in [-0.2, -0.15) is 5.10 Å². The van der Waals surface area contributed by atoms with Crippen LogP contribution in [-0.2, 0) is 0 Å². The third-order valence-electron chi connectivity index (χ3n) is 1.85. The van der Waals surface area contributed by atoms with Crippen molar-refractivity contribution >= 4 is 34.8 Å². The third kappa shape index (κ3) is 4.60. The molecule has 8 heteroatoms. The fourth-order valence-corrected chi connectivity index (χ4v) is 1.41. The third-order valence-corrected chi connectivity index (χ3v) is 2.60. The lowest BCUT2D eigenvalue weighted by Crippen LogP contribution is -2.09. The predicted molar refractivity (Wildman–Crippen MR) is 71.4 cm³/mol. The Morgan fingerprint density at radius 2 is 1.61 bits per heavy atom. The van der Waals surface area contributed by atoms with Crippen LogP contribution in [0.25, 0.3) is 0 Å². The first-order valence-electron chi connectivity index (χ1n) is 4.77. The SMILES string of the molecule is Cc1cc(Cl)n[nH]c1=O.Cc1cc(Cl)nnc1Cl. The van der Waals surface area contributed by atoms with Crippen LogP contribution in [-0.4, -0.2) is 20.4 Å². The van der Waals surface area contributed by atoms with Gasteiger partial charge in [0.05, 0.1) is 0 Å². The lowest BCUT2D eigenvalue weighted by atomic mass is 10.3. The van der Waals surface area contributed by atoms with Gasteiger partial charge in [-0.1, -0.05) is 34.8 Å². The Balaban J connectivity index is 0.000000180. The van der Waals surface area contributed by atoms with Crippen LogP contribution < -0.4 is 5.56 Å². The maximum absolute atomic E-state index is 10.6. The van der Waals surface area contributed by atoms with E-state index in [4.69, 9.17) is 34.8 Å². The maximum Gasteiger partial charge on any atom is 0.267 e. The predicted octanol–water partition coefficient (Wildman–Crippen LogP) is 2.82. The molecule has 0 saturated carbocycles. The molecule has 1 N–H and O–H groups in total. The summed E-state index contributed by atoms with van der Waals surface area (Å²) in [6.45, 7) is 3.50. The average Bonchev–Trinajstić information content (AvgIpc) is 2.30. The van der Waals surface area contributed by atoms with Gasteiger partial charge < -0.3 is 0 Å². The zero-order valence-corrected chi connectivity index (χ0v) is 11.8. The first-order valence-corrected chi connectivity index (χ1v) is 5.90. The molecule has 2 rings (SSSR count). The highest BCUT2D eigenvalue weighted by molar-refractivity contribution is 6.31. The smallest absolute Gasteiger partial charge is 0.267 e. The van der Waals surface area contributed by atoms with E-state index in [2.05, 4.69) is 20.4 Å². The van der Waals surface area contributed by atoms with Crippen molar-refractivity contribution in [2.45, 2.75) is 13.8 Å². The molecule has 2 aromatic rings. The van der Waals surface area contributed by atoms with E-state index in [0.717, 1.165) is 5.56 Å². The van der Waals surface area contributed by atoms with Crippen LogP contribution in [0.1, 0.15) is 11.1 Å². The molecule has 0 radical (unpaired) electrons. The summed E-state index contributed by atoms with van der Waals surface area (Å²) in [5.74, 6) is 0. The molecule has 0 amide bonds. The molecule has 0 aliphatic heterocycles. The molecule has 18 heavy (non-hydrogen) atoms. The fourth-order valence-electron chi connectivity index (χ4n) is 0.906. The second-order valence-corrected chi connectivity index (χ2v) is 4.48. The summed E-state index contributed by atoms with van der Waals surface area (Å²) in [6.07, 6.45) is 0. The number of hydrogen-bond acceptors (Lipinski definition) is 4. The van der Waals surface area contributed by atoms with Gasteiger partial charge in [-0.05, 0) is 31.5 Å². The van der Waals surface area contributed by atoms with Crippen molar-refractivity contribution < 1.29 is 0 Å². The summed E-state index contributed by atoms with van der Waals surface area (Å²) in [7, 11) is 0. The first-order chi connectivity index (χ1) is 8.40. The van der Waals surface area contributed by atoms with Gasteiger partial charge in [-0.15, -0.1) is 10.2 Å². The Hall–Kier alpha value is -1.17. The second-order valence-electron chi connectivity index (χ2n) is 3.34. The number of aromatic amines is 1. The normalized spacial score (nSPS) is 9.61. The summed E-state index contributed by atoms with van der Waals surface area (Å²) in [5, 5.41) is 13.9. The Morgan fingerprint density at radius 3 is 2.06 bits per heavy atom. The molecule has 0 aromatic carbocycles. The van der Waals surface area contributed by atoms with Crippen molar-refractivity contribution in [1.29, 1.82) is 0 Å². The van der Waals surface area contributed by atoms with Gasteiger partial charge in [0.25, 0.3) is 5.56 Å². The number of nitrogens with one attached hydrogen (secondary N) is 1. The molecule has 0 saturated heterocycles. The van der Waals surface area contributed by atoms with Crippen LogP contribution in [0.15, 0.2) is 16.9 Å². The number of aromatic nitrogens is 4. The van der Waals surface area contributed by atoms with E-state index in [-0.39, 0.29) is 5.56 Å². The van der Waals surface area contributed by atoms with E-state index < -0.39 is 0 Å². The first kappa shape index (κ1) is 14.9. The highest BCUT2D eigenvalue weighted by Gasteiger charge is 1.96. The average molecular weight is 308 g/mol. The van der Waals surface area contributed by atoms with Crippen molar-refractivity contribution in [3.05, 3.63) is 49.1 Å². The Labute approximate surface area is 118 Å². The molecule has 0 aliphatic carbocycles. The van der Waals surface area contributed by atoms with Gasteiger partial charge in [0, 0.05) is 5.56 Å². The molecule has 0 bridgehead atoms. The number of nitrogens with zero attached hydrogens (tertiary/aromatic N) is 3. The Kier molecular flexibility index (Phi) is 5.53. The highest BCUT2D eigenvalue weighted by atomic mass is 35.5. The number of rotatable bonds is 0. The Bertz CT molecular complexity index is 600. The van der Waals surface area contributed by atoms with Gasteiger partial charge in [0.2, 0.25) is 0 Å². The van der Waals surface area contributed by atoms with Crippen LogP contribution in [0.2, 0.25) is 15.5 Å². The van der Waals surface area contributed by atoms with Gasteiger partial charge in [0.15, 0.2) is 10.3 Å². The van der Waals surface area contributed by atoms with E-state index in [1.807, 2.05) is 6.92 Å². The second kappa shape index (κ2) is 6.68. The number of aryl methyl sites for hydroxylation is 2. The van der Waals surface area contributed by atoms with Crippen molar-refractivity contribution in [2.75, 3.05) is 0 Å². The summed E-state index contributed by atoms with van der Waals surface area (Å²) in [4.78, 5) is 10.6. The molecule has 96 valence electrons. The molecular formula is C10H9Cl3N4O. The van der Waals surface area contributed by atoms with Crippen molar-refractivity contribution in [1.82, 2.24) is 20.4 Å². The zero-order valence-electron chi connectivity index (χ0n) is 9.54. The monoisotopic (exact) mass is 306 g/mol. The van der Waals surface area contributed by atoms with E-state index in [9.17, 15) is 4.79 Å². The number of hydrogen-bond donors (Lipinski definition) is 1. The van der Waals surface area contributed by atoms with Crippen molar-refractivity contribution in [3.63, 3.8) is 0 Å². The molecule has 2 heterocycles. The summed E-state index contributed by atoms with van der Waals surface area (Å²) < 4.78 is 0. The molecule has 0 aliphatic rings. The van der Waals surface area contributed by atoms with Crippen molar-refractivity contribution in [3.8, 4) is 0 Å². The van der Waals surface area contributed by atoms with E-state index in [0.29, 0.717) is 21.0 Å².